The first-order valence-electron chi connectivity index (χ1n) is 13.2. The van der Waals surface area contributed by atoms with Crippen LogP contribution in [0.4, 0.5) is 0 Å². The van der Waals surface area contributed by atoms with E-state index in [0.717, 1.165) is 32.7 Å². The van der Waals surface area contributed by atoms with Gasteiger partial charge in [0.25, 0.3) is 5.91 Å². The zero-order chi connectivity index (χ0) is 27.2. The van der Waals surface area contributed by atoms with Crippen LogP contribution >= 0.6 is 0 Å². The van der Waals surface area contributed by atoms with E-state index >= 15 is 0 Å². The van der Waals surface area contributed by atoms with E-state index in [1.807, 2.05) is 36.4 Å². The molecule has 3 N–H and O–H groups in total. The minimum absolute atomic E-state index is 0.115. The minimum Gasteiger partial charge on any atom is -0.348 e. The normalized spacial score (nSPS) is 12.1. The third-order valence-electron chi connectivity index (χ3n) is 7.21. The average molecular weight is 521 g/mol. The summed E-state index contributed by atoms with van der Waals surface area (Å²) in [7, 11) is 0. The van der Waals surface area contributed by atoms with Crippen molar-refractivity contribution in [3.05, 3.63) is 114 Å². The molecule has 0 bridgehead atoms. The smallest absolute Gasteiger partial charge is 0.268 e. The van der Waals surface area contributed by atoms with Gasteiger partial charge >= 0.3 is 0 Å². The lowest BCUT2D eigenvalue weighted by atomic mass is 9.87. The highest BCUT2D eigenvalue weighted by atomic mass is 16.5. The van der Waals surface area contributed by atoms with E-state index in [1.165, 1.54) is 6.33 Å². The summed E-state index contributed by atoms with van der Waals surface area (Å²) in [6.07, 6.45) is 4.33. The largest absolute Gasteiger partial charge is 0.348 e. The Labute approximate surface area is 227 Å². The number of imidazole rings is 1. The fraction of sp³-hybridized carbons (Fsp3) is 0.219. The molecule has 0 fully saturated rings. The third kappa shape index (κ3) is 5.99. The van der Waals surface area contributed by atoms with Gasteiger partial charge in [-0.3, -0.25) is 14.8 Å². The van der Waals surface area contributed by atoms with Crippen LogP contribution in [0.3, 0.4) is 0 Å². The Morgan fingerprint density at radius 2 is 1.41 bits per heavy atom. The van der Waals surface area contributed by atoms with Crippen LogP contribution in [-0.2, 0) is 28.9 Å². The van der Waals surface area contributed by atoms with E-state index in [-0.39, 0.29) is 18.9 Å². The maximum Gasteiger partial charge on any atom is 0.268 e. The second-order valence-electron chi connectivity index (χ2n) is 9.78. The van der Waals surface area contributed by atoms with Gasteiger partial charge in [0.15, 0.2) is 0 Å². The van der Waals surface area contributed by atoms with E-state index in [0.29, 0.717) is 23.6 Å². The van der Waals surface area contributed by atoms with Crippen molar-refractivity contribution in [2.24, 2.45) is 5.92 Å². The number of nitrogens with one attached hydrogen (secondary N) is 2. The lowest BCUT2D eigenvalue weighted by Crippen LogP contribution is -2.50. The summed E-state index contributed by atoms with van der Waals surface area (Å²) in [6.45, 7) is 1.79. The molecule has 5 aromatic rings. The molecule has 7 heteroatoms. The molecule has 0 spiro atoms. The number of aromatic nitrogens is 2. The molecule has 1 heterocycles. The summed E-state index contributed by atoms with van der Waals surface area (Å²) in [5.74, 6) is -1.25. The lowest BCUT2D eigenvalue weighted by Gasteiger charge is -2.25. The Kier molecular flexibility index (Phi) is 7.99. The number of aromatic amines is 1. The second kappa shape index (κ2) is 11.9. The Hall–Kier alpha value is -4.49. The molecule has 0 aliphatic rings. The molecule has 1 aromatic heterocycles. The molecule has 1 atom stereocenters. The number of hydrogen-bond acceptors (Lipinski definition) is 4. The predicted octanol–water partition coefficient (Wildman–Crippen LogP) is 5.08. The number of fused-ring (bicyclic) bond motifs is 2. The summed E-state index contributed by atoms with van der Waals surface area (Å²) in [6, 6.07) is 27.7. The number of likely N-dealkylation sites (N-methyl/N-ethyl adjacent to an activating group) is 1. The van der Waals surface area contributed by atoms with E-state index in [1.54, 1.807) is 13.1 Å². The molecular formula is C32H32N4O3. The summed E-state index contributed by atoms with van der Waals surface area (Å²) in [4.78, 5) is 34.1. The van der Waals surface area contributed by atoms with E-state index < -0.39 is 17.9 Å². The SMILES string of the molecule is CCN(O)C(=O)C(Cc1cnc[nH]1)NC(=O)C(Cc1cccc2ccccc12)Cc1cccc2ccccc12. The van der Waals surface area contributed by atoms with Gasteiger partial charge in [0.2, 0.25) is 5.91 Å². The summed E-state index contributed by atoms with van der Waals surface area (Å²) in [5, 5.41) is 18.2. The highest BCUT2D eigenvalue weighted by Crippen LogP contribution is 2.26. The summed E-state index contributed by atoms with van der Waals surface area (Å²) >= 11 is 0. The Morgan fingerprint density at radius 3 is 1.95 bits per heavy atom. The maximum atomic E-state index is 14.0. The molecule has 0 radical (unpaired) electrons. The molecule has 4 aromatic carbocycles. The quantitative estimate of drug-likeness (QED) is 0.177. The van der Waals surface area contributed by atoms with Crippen LogP contribution in [0.15, 0.2) is 97.5 Å². The average Bonchev–Trinajstić information content (AvgIpc) is 3.49. The number of hydrogen-bond donors (Lipinski definition) is 3. The first-order chi connectivity index (χ1) is 19.0. The molecule has 0 saturated carbocycles. The number of carbonyl (C=O) groups is 2. The second-order valence-corrected chi connectivity index (χ2v) is 9.78. The molecule has 39 heavy (non-hydrogen) atoms. The van der Waals surface area contributed by atoms with Crippen LogP contribution in [0.5, 0.6) is 0 Å². The minimum atomic E-state index is -0.939. The van der Waals surface area contributed by atoms with Gasteiger partial charge in [-0.1, -0.05) is 84.9 Å². The van der Waals surface area contributed by atoms with Gasteiger partial charge < -0.3 is 10.3 Å². The lowest BCUT2D eigenvalue weighted by molar-refractivity contribution is -0.167. The van der Waals surface area contributed by atoms with Crippen molar-refractivity contribution in [2.75, 3.05) is 6.54 Å². The molecular weight excluding hydrogens is 488 g/mol. The predicted molar refractivity (Wildman–Crippen MR) is 152 cm³/mol. The van der Waals surface area contributed by atoms with Crippen molar-refractivity contribution >= 4 is 33.4 Å². The molecule has 2 amide bonds. The van der Waals surface area contributed by atoms with Crippen molar-refractivity contribution in [1.29, 1.82) is 0 Å². The molecule has 7 nitrogen and oxygen atoms in total. The molecule has 0 aliphatic heterocycles. The highest BCUT2D eigenvalue weighted by molar-refractivity contribution is 5.91. The van der Waals surface area contributed by atoms with Crippen LogP contribution in [0.1, 0.15) is 23.7 Å². The van der Waals surface area contributed by atoms with Crippen LogP contribution in [0.2, 0.25) is 0 Å². The molecule has 5 rings (SSSR count). The molecule has 0 saturated heterocycles. The molecule has 198 valence electrons. The Balaban J connectivity index is 1.49. The number of amides is 2. The van der Waals surface area contributed by atoms with E-state index in [2.05, 4.69) is 63.8 Å². The summed E-state index contributed by atoms with van der Waals surface area (Å²) < 4.78 is 0. The Morgan fingerprint density at radius 1 is 0.846 bits per heavy atom. The van der Waals surface area contributed by atoms with Crippen LogP contribution < -0.4 is 5.32 Å². The van der Waals surface area contributed by atoms with Gasteiger partial charge in [0.05, 0.1) is 6.33 Å². The van der Waals surface area contributed by atoms with Gasteiger partial charge in [-0.05, 0) is 52.4 Å². The van der Waals surface area contributed by atoms with Gasteiger partial charge in [0.1, 0.15) is 6.04 Å². The summed E-state index contributed by atoms with van der Waals surface area (Å²) in [5.41, 5.74) is 2.84. The number of H-pyrrole nitrogens is 1. The van der Waals surface area contributed by atoms with Gasteiger partial charge in [-0.25, -0.2) is 10.0 Å². The highest BCUT2D eigenvalue weighted by Gasteiger charge is 2.29. The maximum absolute atomic E-state index is 14.0. The van der Waals surface area contributed by atoms with Crippen molar-refractivity contribution in [2.45, 2.75) is 32.2 Å². The zero-order valence-corrected chi connectivity index (χ0v) is 21.9. The van der Waals surface area contributed by atoms with Crippen molar-refractivity contribution in [3.63, 3.8) is 0 Å². The number of benzene rings is 4. The first-order valence-corrected chi connectivity index (χ1v) is 13.2. The fourth-order valence-corrected chi connectivity index (χ4v) is 5.17. The van der Waals surface area contributed by atoms with Crippen molar-refractivity contribution in [3.8, 4) is 0 Å². The number of hydroxylamine groups is 2. The van der Waals surface area contributed by atoms with Gasteiger partial charge in [0, 0.05) is 30.8 Å². The van der Waals surface area contributed by atoms with Crippen LogP contribution in [0, 0.1) is 5.92 Å². The van der Waals surface area contributed by atoms with Crippen LogP contribution in [0.25, 0.3) is 21.5 Å². The Bertz CT molecular complexity index is 1490. The monoisotopic (exact) mass is 520 g/mol. The van der Waals surface area contributed by atoms with E-state index in [9.17, 15) is 14.8 Å². The third-order valence-corrected chi connectivity index (χ3v) is 7.21. The standard InChI is InChI=1S/C32H32N4O3/c1-2-36(39)32(38)30(19-27-20-33-21-34-27)35-31(37)26(17-24-13-7-11-22-9-3-5-15-28(22)24)18-25-14-8-12-23-10-4-6-16-29(23)25/h3-16,20-21,26,30,39H,2,17-19H2,1H3,(H,33,34)(H,35,37). The number of rotatable bonds is 10. The van der Waals surface area contributed by atoms with E-state index in [4.69, 9.17) is 0 Å². The topological polar surface area (TPSA) is 98.3 Å². The van der Waals surface area contributed by atoms with Gasteiger partial charge in [-0.15, -0.1) is 0 Å². The number of nitrogens with zero attached hydrogens (tertiary/aromatic N) is 2. The zero-order valence-electron chi connectivity index (χ0n) is 21.9. The fourth-order valence-electron chi connectivity index (χ4n) is 5.17. The van der Waals surface area contributed by atoms with Crippen molar-refractivity contribution < 1.29 is 14.8 Å². The van der Waals surface area contributed by atoms with Gasteiger partial charge in [-0.2, -0.15) is 0 Å². The van der Waals surface area contributed by atoms with Crippen LogP contribution in [-0.4, -0.2) is 44.6 Å². The molecule has 0 aliphatic carbocycles. The van der Waals surface area contributed by atoms with Crippen molar-refractivity contribution in [1.82, 2.24) is 20.3 Å². The molecule has 1 unspecified atom stereocenters. The first kappa shape index (κ1) is 26.1. The number of carbonyl (C=O) groups excluding carboxylic acids is 2.